The first-order valence-corrected chi connectivity index (χ1v) is 9.23. The summed E-state index contributed by atoms with van der Waals surface area (Å²) in [5, 5.41) is 3.41. The third-order valence-corrected chi connectivity index (χ3v) is 4.87. The van der Waals surface area contributed by atoms with E-state index in [1.54, 1.807) is 7.11 Å². The van der Waals surface area contributed by atoms with E-state index in [0.717, 1.165) is 22.4 Å². The second-order valence-electron chi connectivity index (χ2n) is 6.05. The molecule has 0 aliphatic carbocycles. The molecule has 24 heavy (non-hydrogen) atoms. The number of carbonyl (C=O) groups excluding carboxylic acids is 1. The van der Waals surface area contributed by atoms with Gasteiger partial charge in [0.05, 0.1) is 22.4 Å². The molecule has 1 amide bonds. The minimum atomic E-state index is -0.199. The van der Waals surface area contributed by atoms with Crippen LogP contribution >= 0.6 is 22.9 Å². The van der Waals surface area contributed by atoms with Crippen molar-refractivity contribution >= 4 is 44.2 Å². The number of rotatable bonds is 9. The monoisotopic (exact) mass is 370 g/mol. The number of nitrogens with one attached hydrogen (secondary N) is 1. The highest BCUT2D eigenvalue weighted by atomic mass is 35.5. The predicted octanol–water partition coefficient (Wildman–Crippen LogP) is 4.45. The molecule has 2 aromatic rings. The number of anilines is 1. The van der Waals surface area contributed by atoms with Crippen LogP contribution in [0.25, 0.3) is 10.2 Å². The van der Waals surface area contributed by atoms with Gasteiger partial charge in [0.25, 0.3) is 0 Å². The van der Waals surface area contributed by atoms with E-state index < -0.39 is 0 Å². The summed E-state index contributed by atoms with van der Waals surface area (Å²) in [6.07, 6.45) is 1.86. The van der Waals surface area contributed by atoms with Crippen molar-refractivity contribution in [3.8, 4) is 5.75 Å². The number of methoxy groups -OCH3 is 1. The highest BCUT2D eigenvalue weighted by molar-refractivity contribution is 7.22. The average Bonchev–Trinajstić information content (AvgIpc) is 2.94. The standard InChI is InChI=1S/C17H23ClN2O3S/c1-17(2,22-3)8-10-23-12-6-7-13-14(11-12)24-16(19-13)20-15(21)5-4-9-18/h6-7,11H,4-5,8-10H2,1-3H3,(H,19,20,21). The van der Waals surface area contributed by atoms with Crippen LogP contribution in [0.3, 0.4) is 0 Å². The molecule has 0 saturated heterocycles. The Kier molecular flexibility index (Phi) is 6.83. The lowest BCUT2D eigenvalue weighted by Crippen LogP contribution is -2.25. The Morgan fingerprint density at radius 2 is 2.21 bits per heavy atom. The molecule has 1 heterocycles. The molecule has 1 aromatic carbocycles. The Morgan fingerprint density at radius 1 is 1.42 bits per heavy atom. The molecule has 5 nitrogen and oxygen atoms in total. The van der Waals surface area contributed by atoms with Crippen molar-refractivity contribution in [2.75, 3.05) is 24.9 Å². The molecule has 2 rings (SSSR count). The molecule has 0 saturated carbocycles. The lowest BCUT2D eigenvalue weighted by Gasteiger charge is -2.22. The minimum absolute atomic E-state index is 0.0621. The zero-order valence-electron chi connectivity index (χ0n) is 14.2. The maximum absolute atomic E-state index is 11.7. The van der Waals surface area contributed by atoms with Crippen molar-refractivity contribution in [1.82, 2.24) is 4.98 Å². The van der Waals surface area contributed by atoms with Gasteiger partial charge in [0, 0.05) is 25.8 Å². The van der Waals surface area contributed by atoms with Crippen molar-refractivity contribution < 1.29 is 14.3 Å². The van der Waals surface area contributed by atoms with E-state index in [4.69, 9.17) is 21.1 Å². The maximum atomic E-state index is 11.7. The number of alkyl halides is 1. The quantitative estimate of drug-likeness (QED) is 0.662. The summed E-state index contributed by atoms with van der Waals surface area (Å²) in [6.45, 7) is 4.64. The fourth-order valence-electron chi connectivity index (χ4n) is 1.97. The van der Waals surface area contributed by atoms with Crippen molar-refractivity contribution in [3.63, 3.8) is 0 Å². The fraction of sp³-hybridized carbons (Fsp3) is 0.529. The molecule has 7 heteroatoms. The molecule has 0 aliphatic heterocycles. The van der Waals surface area contributed by atoms with Crippen molar-refractivity contribution in [3.05, 3.63) is 18.2 Å². The van der Waals surface area contributed by atoms with Crippen molar-refractivity contribution in [1.29, 1.82) is 0 Å². The molecule has 1 aromatic heterocycles. The van der Waals surface area contributed by atoms with Crippen molar-refractivity contribution in [2.45, 2.75) is 38.7 Å². The fourth-order valence-corrected chi connectivity index (χ4v) is 3.02. The number of hydrogen-bond donors (Lipinski definition) is 1. The lowest BCUT2D eigenvalue weighted by molar-refractivity contribution is -0.116. The number of thiazole rings is 1. The van der Waals surface area contributed by atoms with Gasteiger partial charge in [-0.1, -0.05) is 11.3 Å². The van der Waals surface area contributed by atoms with Crippen LogP contribution in [-0.4, -0.2) is 36.1 Å². The molecule has 0 spiro atoms. The highest BCUT2D eigenvalue weighted by Crippen LogP contribution is 2.29. The van der Waals surface area contributed by atoms with E-state index >= 15 is 0 Å². The molecule has 132 valence electrons. The van der Waals surface area contributed by atoms with E-state index in [0.29, 0.717) is 30.5 Å². The summed E-state index contributed by atoms with van der Waals surface area (Å²) < 4.78 is 12.1. The van der Waals surface area contributed by atoms with Crippen LogP contribution in [0.4, 0.5) is 5.13 Å². The normalized spacial score (nSPS) is 11.7. The van der Waals surface area contributed by atoms with E-state index in [1.807, 2.05) is 32.0 Å². The van der Waals surface area contributed by atoms with Gasteiger partial charge in [-0.3, -0.25) is 4.79 Å². The number of fused-ring (bicyclic) bond motifs is 1. The maximum Gasteiger partial charge on any atom is 0.226 e. The summed E-state index contributed by atoms with van der Waals surface area (Å²) in [4.78, 5) is 16.2. The van der Waals surface area contributed by atoms with Gasteiger partial charge in [-0.2, -0.15) is 0 Å². The van der Waals surface area contributed by atoms with Gasteiger partial charge in [-0.05, 0) is 38.5 Å². The average molecular weight is 371 g/mol. The lowest BCUT2D eigenvalue weighted by atomic mass is 10.1. The van der Waals surface area contributed by atoms with Crippen LogP contribution in [0.2, 0.25) is 0 Å². The van der Waals surface area contributed by atoms with Gasteiger partial charge >= 0.3 is 0 Å². The number of nitrogens with zero attached hydrogens (tertiary/aromatic N) is 1. The summed E-state index contributed by atoms with van der Waals surface area (Å²) in [5.41, 5.74) is 0.645. The number of ether oxygens (including phenoxy) is 2. The van der Waals surface area contributed by atoms with Crippen LogP contribution in [0.5, 0.6) is 5.75 Å². The van der Waals surface area contributed by atoms with Gasteiger partial charge < -0.3 is 14.8 Å². The first kappa shape index (κ1) is 19.0. The number of aromatic nitrogens is 1. The highest BCUT2D eigenvalue weighted by Gasteiger charge is 2.16. The SMILES string of the molecule is COC(C)(C)CCOc1ccc2nc(NC(=O)CCCCl)sc2c1. The first-order valence-electron chi connectivity index (χ1n) is 7.88. The minimum Gasteiger partial charge on any atom is -0.493 e. The molecule has 0 radical (unpaired) electrons. The molecule has 0 bridgehead atoms. The Hall–Kier alpha value is -1.37. The second-order valence-corrected chi connectivity index (χ2v) is 7.46. The van der Waals surface area contributed by atoms with Gasteiger partial charge in [-0.25, -0.2) is 4.98 Å². The van der Waals surface area contributed by atoms with Gasteiger partial charge in [0.15, 0.2) is 5.13 Å². The zero-order chi connectivity index (χ0) is 17.6. The Morgan fingerprint density at radius 3 is 2.92 bits per heavy atom. The van der Waals surface area contributed by atoms with E-state index in [9.17, 15) is 4.79 Å². The molecule has 1 N–H and O–H groups in total. The molecular formula is C17H23ClN2O3S. The zero-order valence-corrected chi connectivity index (χ0v) is 15.8. The Balaban J connectivity index is 1.97. The van der Waals surface area contributed by atoms with Crippen LogP contribution in [0.15, 0.2) is 18.2 Å². The van der Waals surface area contributed by atoms with Gasteiger partial charge in [0.2, 0.25) is 5.91 Å². The second kappa shape index (κ2) is 8.65. The van der Waals surface area contributed by atoms with Gasteiger partial charge in [0.1, 0.15) is 5.75 Å². The molecule has 0 aliphatic rings. The summed E-state index contributed by atoms with van der Waals surface area (Å²) >= 11 is 7.03. The van der Waals surface area contributed by atoms with Gasteiger partial charge in [-0.15, -0.1) is 11.6 Å². The predicted molar refractivity (Wildman–Crippen MR) is 99.4 cm³/mol. The topological polar surface area (TPSA) is 60.5 Å². The molecule has 0 unspecified atom stereocenters. The number of carbonyl (C=O) groups is 1. The third kappa shape index (κ3) is 5.61. The summed E-state index contributed by atoms with van der Waals surface area (Å²) in [7, 11) is 1.70. The Labute approximate surface area is 151 Å². The third-order valence-electron chi connectivity index (χ3n) is 3.67. The summed E-state index contributed by atoms with van der Waals surface area (Å²) in [6, 6.07) is 5.74. The van der Waals surface area contributed by atoms with E-state index in [-0.39, 0.29) is 11.5 Å². The van der Waals surface area contributed by atoms with Crippen LogP contribution in [-0.2, 0) is 9.53 Å². The summed E-state index contributed by atoms with van der Waals surface area (Å²) in [5.74, 6) is 1.21. The van der Waals surface area contributed by atoms with Crippen molar-refractivity contribution in [2.24, 2.45) is 0 Å². The van der Waals surface area contributed by atoms with E-state index in [2.05, 4.69) is 10.3 Å². The molecular weight excluding hydrogens is 348 g/mol. The molecule has 0 fully saturated rings. The smallest absolute Gasteiger partial charge is 0.226 e. The largest absolute Gasteiger partial charge is 0.493 e. The first-order chi connectivity index (χ1) is 11.4. The number of amides is 1. The van der Waals surface area contributed by atoms with E-state index in [1.165, 1.54) is 11.3 Å². The number of hydrogen-bond acceptors (Lipinski definition) is 5. The Bertz CT molecular complexity index is 688. The van der Waals surface area contributed by atoms with Crippen LogP contribution in [0, 0.1) is 0 Å². The number of halogens is 1. The van der Waals surface area contributed by atoms with Crippen LogP contribution < -0.4 is 10.1 Å². The molecule has 0 atom stereocenters. The number of benzene rings is 1. The van der Waals surface area contributed by atoms with Crippen LogP contribution in [0.1, 0.15) is 33.1 Å².